The predicted octanol–water partition coefficient (Wildman–Crippen LogP) is 8.64. The average molecular weight is 361 g/mol. The maximum atomic E-state index is 6.17. The van der Waals surface area contributed by atoms with Gasteiger partial charge in [-0.3, -0.25) is 0 Å². The molecule has 0 saturated carbocycles. The molecule has 1 aromatic rings. The Morgan fingerprint density at radius 2 is 1.12 bits per heavy atom. The van der Waals surface area contributed by atoms with Gasteiger partial charge in [-0.2, -0.15) is 0 Å². The second-order valence-electron chi connectivity index (χ2n) is 7.80. The molecule has 0 aliphatic rings. The first-order chi connectivity index (χ1) is 12.9. The van der Waals surface area contributed by atoms with Crippen LogP contribution in [0, 0.1) is 0 Å². The zero-order chi connectivity index (χ0) is 18.7. The maximum absolute atomic E-state index is 6.17. The SMILES string of the molecule is CCCCCCCCCCCCCCC(OCCCC)c1ccccc1. The molecule has 0 aliphatic carbocycles. The zero-order valence-corrected chi connectivity index (χ0v) is 17.7. The smallest absolute Gasteiger partial charge is 0.0824 e. The normalized spacial score (nSPS) is 12.4. The number of benzene rings is 1. The molecule has 0 bridgehead atoms. The fourth-order valence-electron chi connectivity index (χ4n) is 3.55. The molecular weight excluding hydrogens is 316 g/mol. The van der Waals surface area contributed by atoms with Crippen molar-refractivity contribution in [1.82, 2.24) is 0 Å². The highest BCUT2D eigenvalue weighted by molar-refractivity contribution is 5.17. The van der Waals surface area contributed by atoms with E-state index in [1.54, 1.807) is 0 Å². The van der Waals surface area contributed by atoms with E-state index in [1.807, 2.05) is 0 Å². The van der Waals surface area contributed by atoms with Gasteiger partial charge in [-0.15, -0.1) is 0 Å². The van der Waals surface area contributed by atoms with Gasteiger partial charge in [0.25, 0.3) is 0 Å². The lowest BCUT2D eigenvalue weighted by molar-refractivity contribution is 0.0429. The number of hydrogen-bond donors (Lipinski definition) is 0. The van der Waals surface area contributed by atoms with E-state index in [9.17, 15) is 0 Å². The summed E-state index contributed by atoms with van der Waals surface area (Å²) in [5, 5.41) is 0. The lowest BCUT2D eigenvalue weighted by atomic mass is 10.0. The Morgan fingerprint density at radius 1 is 0.615 bits per heavy atom. The minimum Gasteiger partial charge on any atom is -0.374 e. The molecule has 150 valence electrons. The van der Waals surface area contributed by atoms with E-state index >= 15 is 0 Å². The molecule has 1 rings (SSSR count). The number of unbranched alkanes of at least 4 members (excludes halogenated alkanes) is 12. The van der Waals surface area contributed by atoms with Crippen LogP contribution in [0.4, 0.5) is 0 Å². The molecule has 1 nitrogen and oxygen atoms in total. The van der Waals surface area contributed by atoms with E-state index in [0.29, 0.717) is 6.10 Å². The summed E-state index contributed by atoms with van der Waals surface area (Å²) in [6, 6.07) is 10.8. The molecule has 1 atom stereocenters. The fourth-order valence-corrected chi connectivity index (χ4v) is 3.55. The third-order valence-corrected chi connectivity index (χ3v) is 5.31. The van der Waals surface area contributed by atoms with Crippen LogP contribution in [0.1, 0.15) is 122 Å². The largest absolute Gasteiger partial charge is 0.374 e. The minimum absolute atomic E-state index is 0.297. The Kier molecular flexibility index (Phi) is 15.7. The van der Waals surface area contributed by atoms with E-state index in [-0.39, 0.29) is 0 Å². The van der Waals surface area contributed by atoms with E-state index in [1.165, 1.54) is 102 Å². The molecule has 0 aliphatic heterocycles. The van der Waals surface area contributed by atoms with Crippen LogP contribution in [0.15, 0.2) is 30.3 Å². The van der Waals surface area contributed by atoms with Crippen LogP contribution in [0.2, 0.25) is 0 Å². The van der Waals surface area contributed by atoms with Gasteiger partial charge < -0.3 is 4.74 Å². The van der Waals surface area contributed by atoms with Crippen LogP contribution < -0.4 is 0 Å². The van der Waals surface area contributed by atoms with Crippen molar-refractivity contribution in [3.8, 4) is 0 Å². The predicted molar refractivity (Wildman–Crippen MR) is 116 cm³/mol. The highest BCUT2D eigenvalue weighted by Gasteiger charge is 2.11. The van der Waals surface area contributed by atoms with Gasteiger partial charge in [0, 0.05) is 6.61 Å². The van der Waals surface area contributed by atoms with Gasteiger partial charge in [-0.05, 0) is 18.4 Å². The van der Waals surface area contributed by atoms with Crippen molar-refractivity contribution in [3.63, 3.8) is 0 Å². The van der Waals surface area contributed by atoms with E-state index < -0.39 is 0 Å². The van der Waals surface area contributed by atoms with Gasteiger partial charge in [0.05, 0.1) is 6.10 Å². The molecule has 0 spiro atoms. The quantitative estimate of drug-likeness (QED) is 0.238. The fraction of sp³-hybridized carbons (Fsp3) is 0.760. The highest BCUT2D eigenvalue weighted by atomic mass is 16.5. The summed E-state index contributed by atoms with van der Waals surface area (Å²) in [5.74, 6) is 0. The van der Waals surface area contributed by atoms with Crippen LogP contribution in [0.3, 0.4) is 0 Å². The molecule has 1 unspecified atom stereocenters. The van der Waals surface area contributed by atoms with Crippen molar-refractivity contribution in [1.29, 1.82) is 0 Å². The van der Waals surface area contributed by atoms with E-state index in [0.717, 1.165) is 6.61 Å². The molecule has 0 heterocycles. The van der Waals surface area contributed by atoms with Crippen LogP contribution >= 0.6 is 0 Å². The second-order valence-corrected chi connectivity index (χ2v) is 7.80. The lowest BCUT2D eigenvalue weighted by Gasteiger charge is -2.18. The van der Waals surface area contributed by atoms with Gasteiger partial charge in [-0.25, -0.2) is 0 Å². The number of hydrogen-bond acceptors (Lipinski definition) is 1. The third-order valence-electron chi connectivity index (χ3n) is 5.31. The standard InChI is InChI=1S/C25H44O/c1-3-5-7-8-9-10-11-12-13-14-15-19-22-25(26-23-6-4-2)24-20-17-16-18-21-24/h16-18,20-21,25H,3-15,19,22-23H2,1-2H3. The molecule has 0 saturated heterocycles. The van der Waals surface area contributed by atoms with Crippen LogP contribution in [0.5, 0.6) is 0 Å². The Labute approximate surface area is 163 Å². The zero-order valence-electron chi connectivity index (χ0n) is 17.7. The summed E-state index contributed by atoms with van der Waals surface area (Å²) < 4.78 is 6.17. The van der Waals surface area contributed by atoms with E-state index in [4.69, 9.17) is 4.74 Å². The van der Waals surface area contributed by atoms with Gasteiger partial charge in [-0.1, -0.05) is 128 Å². The lowest BCUT2D eigenvalue weighted by Crippen LogP contribution is -2.06. The molecular formula is C25H44O. The summed E-state index contributed by atoms with van der Waals surface area (Å²) in [6.07, 6.45) is 20.8. The van der Waals surface area contributed by atoms with Crippen LogP contribution in [0.25, 0.3) is 0 Å². The first-order valence-corrected chi connectivity index (χ1v) is 11.5. The summed E-state index contributed by atoms with van der Waals surface area (Å²) in [5.41, 5.74) is 1.35. The first-order valence-electron chi connectivity index (χ1n) is 11.5. The summed E-state index contributed by atoms with van der Waals surface area (Å²) in [7, 11) is 0. The maximum Gasteiger partial charge on any atom is 0.0824 e. The van der Waals surface area contributed by atoms with Gasteiger partial charge in [0.15, 0.2) is 0 Å². The Morgan fingerprint density at radius 3 is 1.65 bits per heavy atom. The van der Waals surface area contributed by atoms with Crippen molar-refractivity contribution >= 4 is 0 Å². The molecule has 0 fully saturated rings. The van der Waals surface area contributed by atoms with Gasteiger partial charge in [0.2, 0.25) is 0 Å². The topological polar surface area (TPSA) is 9.23 Å². The molecule has 1 aromatic carbocycles. The highest BCUT2D eigenvalue weighted by Crippen LogP contribution is 2.24. The second kappa shape index (κ2) is 17.6. The van der Waals surface area contributed by atoms with Gasteiger partial charge >= 0.3 is 0 Å². The molecule has 0 amide bonds. The Bertz CT molecular complexity index is 386. The van der Waals surface area contributed by atoms with Crippen molar-refractivity contribution in [2.45, 2.75) is 116 Å². The summed E-state index contributed by atoms with van der Waals surface area (Å²) in [4.78, 5) is 0. The first kappa shape index (κ1) is 23.2. The number of rotatable bonds is 18. The number of ether oxygens (including phenoxy) is 1. The molecule has 0 N–H and O–H groups in total. The van der Waals surface area contributed by atoms with Crippen molar-refractivity contribution < 1.29 is 4.74 Å². The molecule has 0 aromatic heterocycles. The average Bonchev–Trinajstić information content (AvgIpc) is 2.68. The summed E-state index contributed by atoms with van der Waals surface area (Å²) >= 11 is 0. The van der Waals surface area contributed by atoms with Crippen molar-refractivity contribution in [3.05, 3.63) is 35.9 Å². The monoisotopic (exact) mass is 360 g/mol. The Balaban J connectivity index is 2.04. The molecule has 0 radical (unpaired) electrons. The van der Waals surface area contributed by atoms with Crippen LogP contribution in [-0.4, -0.2) is 6.61 Å². The molecule has 26 heavy (non-hydrogen) atoms. The third kappa shape index (κ3) is 12.5. The molecule has 1 heteroatoms. The Hall–Kier alpha value is -0.820. The van der Waals surface area contributed by atoms with Crippen molar-refractivity contribution in [2.75, 3.05) is 6.61 Å². The minimum atomic E-state index is 0.297. The van der Waals surface area contributed by atoms with Crippen molar-refractivity contribution in [2.24, 2.45) is 0 Å². The van der Waals surface area contributed by atoms with E-state index in [2.05, 4.69) is 44.2 Å². The van der Waals surface area contributed by atoms with Gasteiger partial charge in [0.1, 0.15) is 0 Å². The summed E-state index contributed by atoms with van der Waals surface area (Å²) in [6.45, 7) is 5.42. The van der Waals surface area contributed by atoms with Crippen LogP contribution in [-0.2, 0) is 4.74 Å².